The molecular formula is C17H14F3NO2. The number of hydrogen-bond donors (Lipinski definition) is 1. The van der Waals surface area contributed by atoms with Crippen molar-refractivity contribution in [1.82, 2.24) is 5.32 Å². The maximum absolute atomic E-state index is 12.5. The van der Waals surface area contributed by atoms with Gasteiger partial charge in [0.2, 0.25) is 0 Å². The van der Waals surface area contributed by atoms with E-state index in [0.717, 1.165) is 5.56 Å². The molecule has 3 nitrogen and oxygen atoms in total. The molecule has 2 rings (SSSR count). The molecule has 0 saturated carbocycles. The van der Waals surface area contributed by atoms with Crippen LogP contribution >= 0.6 is 0 Å². The first kappa shape index (κ1) is 16.7. The van der Waals surface area contributed by atoms with Gasteiger partial charge in [0.15, 0.2) is 5.78 Å². The Morgan fingerprint density at radius 2 is 1.52 bits per heavy atom. The maximum Gasteiger partial charge on any atom is 0.405 e. The van der Waals surface area contributed by atoms with Crippen molar-refractivity contribution in [2.24, 2.45) is 0 Å². The average molecular weight is 321 g/mol. The van der Waals surface area contributed by atoms with Gasteiger partial charge in [0.05, 0.1) is 5.56 Å². The first-order valence-corrected chi connectivity index (χ1v) is 6.83. The molecule has 0 fully saturated rings. The maximum atomic E-state index is 12.5. The summed E-state index contributed by atoms with van der Waals surface area (Å²) in [5.41, 5.74) is 1.32. The van der Waals surface area contributed by atoms with Crippen LogP contribution in [0, 0.1) is 6.92 Å². The lowest BCUT2D eigenvalue weighted by Gasteiger charge is -2.11. The van der Waals surface area contributed by atoms with Crippen LogP contribution in [-0.4, -0.2) is 24.4 Å². The van der Waals surface area contributed by atoms with E-state index in [1.165, 1.54) is 18.2 Å². The second kappa shape index (κ2) is 6.64. The first-order chi connectivity index (χ1) is 10.8. The van der Waals surface area contributed by atoms with Crippen LogP contribution in [0.15, 0.2) is 48.5 Å². The molecule has 0 spiro atoms. The Morgan fingerprint density at radius 3 is 2.09 bits per heavy atom. The average Bonchev–Trinajstić information content (AvgIpc) is 2.52. The summed E-state index contributed by atoms with van der Waals surface area (Å²) in [6.45, 7) is 0.422. The molecule has 0 aliphatic rings. The molecule has 2 aromatic rings. The summed E-state index contributed by atoms with van der Waals surface area (Å²) >= 11 is 0. The van der Waals surface area contributed by atoms with Crippen LogP contribution < -0.4 is 5.32 Å². The monoisotopic (exact) mass is 321 g/mol. The van der Waals surface area contributed by atoms with Crippen molar-refractivity contribution in [3.63, 3.8) is 0 Å². The van der Waals surface area contributed by atoms with E-state index < -0.39 is 24.4 Å². The van der Waals surface area contributed by atoms with Gasteiger partial charge in [-0.1, -0.05) is 48.0 Å². The van der Waals surface area contributed by atoms with Crippen LogP contribution in [0.2, 0.25) is 0 Å². The van der Waals surface area contributed by atoms with Crippen molar-refractivity contribution < 1.29 is 22.8 Å². The SMILES string of the molecule is Cc1ccc(C(=O)c2ccccc2C(=O)NCC(F)(F)F)cc1. The van der Waals surface area contributed by atoms with E-state index in [1.807, 2.05) is 6.92 Å². The summed E-state index contributed by atoms with van der Waals surface area (Å²) in [6.07, 6.45) is -4.51. The van der Waals surface area contributed by atoms with E-state index >= 15 is 0 Å². The van der Waals surface area contributed by atoms with Gasteiger partial charge in [0, 0.05) is 11.1 Å². The molecule has 6 heteroatoms. The number of aryl methyl sites for hydroxylation is 1. The Morgan fingerprint density at radius 1 is 0.957 bits per heavy atom. The quantitative estimate of drug-likeness (QED) is 0.876. The van der Waals surface area contributed by atoms with Gasteiger partial charge in [-0.25, -0.2) is 0 Å². The van der Waals surface area contributed by atoms with Crippen LogP contribution in [0.25, 0.3) is 0 Å². The molecule has 1 amide bonds. The van der Waals surface area contributed by atoms with Crippen LogP contribution in [0.4, 0.5) is 13.2 Å². The molecule has 0 unspecified atom stereocenters. The van der Waals surface area contributed by atoms with Gasteiger partial charge in [-0.3, -0.25) is 9.59 Å². The minimum absolute atomic E-state index is 0.0658. The van der Waals surface area contributed by atoms with Crippen LogP contribution in [-0.2, 0) is 0 Å². The molecule has 0 atom stereocenters. The highest BCUT2D eigenvalue weighted by molar-refractivity contribution is 6.15. The van der Waals surface area contributed by atoms with Crippen molar-refractivity contribution in [2.75, 3.05) is 6.54 Å². The molecule has 0 saturated heterocycles. The summed E-state index contributed by atoms with van der Waals surface area (Å²) in [4.78, 5) is 24.4. The predicted octanol–water partition coefficient (Wildman–Crippen LogP) is 3.52. The number of ketones is 1. The molecule has 1 N–H and O–H groups in total. The smallest absolute Gasteiger partial charge is 0.343 e. The number of alkyl halides is 3. The number of carbonyl (C=O) groups excluding carboxylic acids is 2. The number of halogens is 3. The minimum atomic E-state index is -4.51. The lowest BCUT2D eigenvalue weighted by Crippen LogP contribution is -2.34. The fraction of sp³-hybridized carbons (Fsp3) is 0.176. The zero-order valence-corrected chi connectivity index (χ0v) is 12.3. The fourth-order valence-electron chi connectivity index (χ4n) is 2.02. The van der Waals surface area contributed by atoms with E-state index in [9.17, 15) is 22.8 Å². The molecule has 0 bridgehead atoms. The molecule has 0 aliphatic carbocycles. The van der Waals surface area contributed by atoms with Crippen LogP contribution in [0.3, 0.4) is 0 Å². The zero-order valence-electron chi connectivity index (χ0n) is 12.3. The van der Waals surface area contributed by atoms with Crippen molar-refractivity contribution in [3.05, 3.63) is 70.8 Å². The largest absolute Gasteiger partial charge is 0.405 e. The van der Waals surface area contributed by atoms with Gasteiger partial charge in [0.1, 0.15) is 6.54 Å². The normalized spacial score (nSPS) is 11.1. The second-order valence-corrected chi connectivity index (χ2v) is 5.04. The zero-order chi connectivity index (χ0) is 17.0. The summed E-state index contributed by atoms with van der Waals surface area (Å²) in [7, 11) is 0. The highest BCUT2D eigenvalue weighted by Crippen LogP contribution is 2.17. The Bertz CT molecular complexity index is 721. The van der Waals surface area contributed by atoms with Gasteiger partial charge >= 0.3 is 6.18 Å². The number of benzene rings is 2. The van der Waals surface area contributed by atoms with Crippen molar-refractivity contribution in [3.8, 4) is 0 Å². The molecule has 0 radical (unpaired) electrons. The third-order valence-corrected chi connectivity index (χ3v) is 3.18. The lowest BCUT2D eigenvalue weighted by atomic mass is 9.97. The van der Waals surface area contributed by atoms with Gasteiger partial charge in [-0.2, -0.15) is 13.2 Å². The van der Waals surface area contributed by atoms with E-state index in [4.69, 9.17) is 0 Å². The number of carbonyl (C=O) groups is 2. The number of amides is 1. The Balaban J connectivity index is 2.28. The van der Waals surface area contributed by atoms with Crippen molar-refractivity contribution in [2.45, 2.75) is 13.1 Å². The van der Waals surface area contributed by atoms with E-state index in [1.54, 1.807) is 35.6 Å². The molecule has 0 aromatic heterocycles. The molecular weight excluding hydrogens is 307 g/mol. The van der Waals surface area contributed by atoms with Gasteiger partial charge < -0.3 is 5.32 Å². The number of nitrogens with one attached hydrogen (secondary N) is 1. The highest BCUT2D eigenvalue weighted by Gasteiger charge is 2.28. The first-order valence-electron chi connectivity index (χ1n) is 6.83. The topological polar surface area (TPSA) is 46.2 Å². The van der Waals surface area contributed by atoms with Gasteiger partial charge in [0.25, 0.3) is 5.91 Å². The molecule has 0 heterocycles. The van der Waals surface area contributed by atoms with Crippen LogP contribution in [0.5, 0.6) is 0 Å². The standard InChI is InChI=1S/C17H14F3NO2/c1-11-6-8-12(9-7-11)15(22)13-4-2-3-5-14(13)16(23)21-10-17(18,19)20/h2-9H,10H2,1H3,(H,21,23). The lowest BCUT2D eigenvalue weighted by molar-refractivity contribution is -0.123. The third-order valence-electron chi connectivity index (χ3n) is 3.18. The predicted molar refractivity (Wildman–Crippen MR) is 79.4 cm³/mol. The molecule has 120 valence electrons. The second-order valence-electron chi connectivity index (χ2n) is 5.04. The Hall–Kier alpha value is -2.63. The molecule has 2 aromatic carbocycles. The van der Waals surface area contributed by atoms with E-state index in [2.05, 4.69) is 0 Å². The molecule has 0 aliphatic heterocycles. The third kappa shape index (κ3) is 4.42. The number of hydrogen-bond acceptors (Lipinski definition) is 2. The fourth-order valence-corrected chi connectivity index (χ4v) is 2.02. The highest BCUT2D eigenvalue weighted by atomic mass is 19.4. The van der Waals surface area contributed by atoms with Crippen LogP contribution in [0.1, 0.15) is 31.8 Å². The summed E-state index contributed by atoms with van der Waals surface area (Å²) in [6, 6.07) is 12.5. The number of rotatable bonds is 4. The summed E-state index contributed by atoms with van der Waals surface area (Å²) in [5.74, 6) is -1.35. The van der Waals surface area contributed by atoms with Crippen molar-refractivity contribution in [1.29, 1.82) is 0 Å². The molecule has 23 heavy (non-hydrogen) atoms. The summed E-state index contributed by atoms with van der Waals surface area (Å²) in [5, 5.41) is 1.78. The van der Waals surface area contributed by atoms with E-state index in [-0.39, 0.29) is 11.1 Å². The summed E-state index contributed by atoms with van der Waals surface area (Å²) < 4.78 is 36.6. The Kier molecular flexibility index (Phi) is 4.83. The van der Waals surface area contributed by atoms with Crippen molar-refractivity contribution >= 4 is 11.7 Å². The van der Waals surface area contributed by atoms with Gasteiger partial charge in [-0.15, -0.1) is 0 Å². The van der Waals surface area contributed by atoms with E-state index in [0.29, 0.717) is 5.56 Å². The minimum Gasteiger partial charge on any atom is -0.343 e. The van der Waals surface area contributed by atoms with Gasteiger partial charge in [-0.05, 0) is 13.0 Å². The Labute approximate surface area is 131 Å².